The molecule has 0 aliphatic heterocycles. The van der Waals surface area contributed by atoms with Crippen molar-refractivity contribution in [1.29, 1.82) is 0 Å². The van der Waals surface area contributed by atoms with Crippen molar-refractivity contribution in [3.05, 3.63) is 18.7 Å². The number of nitrogens with zero attached hydrogens (tertiary/aromatic N) is 2. The third-order valence-corrected chi connectivity index (χ3v) is 1.82. The number of rotatable bonds is 6. The summed E-state index contributed by atoms with van der Waals surface area (Å²) in [4.78, 5) is 25.9. The summed E-state index contributed by atoms with van der Waals surface area (Å²) >= 11 is 0. The zero-order chi connectivity index (χ0) is 12.5. The Morgan fingerprint density at radius 3 is 2.88 bits per heavy atom. The minimum absolute atomic E-state index is 0.183. The van der Waals surface area contributed by atoms with Gasteiger partial charge in [-0.2, -0.15) is 0 Å². The van der Waals surface area contributed by atoms with Crippen LogP contribution in [0.2, 0.25) is 0 Å². The van der Waals surface area contributed by atoms with Crippen molar-refractivity contribution in [2.45, 2.75) is 13.5 Å². The highest BCUT2D eigenvalue weighted by Crippen LogP contribution is 1.87. The number of amides is 1. The summed E-state index contributed by atoms with van der Waals surface area (Å²) in [6, 6.07) is 0. The first-order valence-corrected chi connectivity index (χ1v) is 5.24. The molecule has 0 saturated heterocycles. The van der Waals surface area contributed by atoms with Gasteiger partial charge in [-0.3, -0.25) is 4.79 Å². The molecule has 0 saturated carbocycles. The molecule has 0 atom stereocenters. The SMILES string of the molecule is CCOC(=O)CNC(=O)OCCn1ccnc1. The predicted molar refractivity (Wildman–Crippen MR) is 58.2 cm³/mol. The van der Waals surface area contributed by atoms with Gasteiger partial charge in [-0.15, -0.1) is 0 Å². The first-order chi connectivity index (χ1) is 8.22. The molecule has 0 spiro atoms. The highest BCUT2D eigenvalue weighted by molar-refractivity contribution is 5.77. The molecule has 7 nitrogen and oxygen atoms in total. The predicted octanol–water partition coefficient (Wildman–Crippen LogP) is 0.172. The van der Waals surface area contributed by atoms with Crippen molar-refractivity contribution in [2.75, 3.05) is 19.8 Å². The fourth-order valence-electron chi connectivity index (χ4n) is 1.07. The second-order valence-corrected chi connectivity index (χ2v) is 3.10. The van der Waals surface area contributed by atoms with Crippen LogP contribution in [0.1, 0.15) is 6.92 Å². The van der Waals surface area contributed by atoms with E-state index in [1.165, 1.54) is 0 Å². The summed E-state index contributed by atoms with van der Waals surface area (Å²) in [5.74, 6) is -0.487. The van der Waals surface area contributed by atoms with Crippen molar-refractivity contribution in [3.63, 3.8) is 0 Å². The van der Waals surface area contributed by atoms with Crippen molar-refractivity contribution in [3.8, 4) is 0 Å². The summed E-state index contributed by atoms with van der Waals surface area (Å²) < 4.78 is 11.2. The van der Waals surface area contributed by atoms with Crippen LogP contribution >= 0.6 is 0 Å². The third kappa shape index (κ3) is 5.55. The van der Waals surface area contributed by atoms with Crippen molar-refractivity contribution < 1.29 is 19.1 Å². The summed E-state index contributed by atoms with van der Waals surface area (Å²) in [7, 11) is 0. The summed E-state index contributed by atoms with van der Waals surface area (Å²) in [5.41, 5.74) is 0. The minimum Gasteiger partial charge on any atom is -0.465 e. The van der Waals surface area contributed by atoms with E-state index in [1.54, 1.807) is 30.2 Å². The molecule has 0 bridgehead atoms. The zero-order valence-electron chi connectivity index (χ0n) is 9.59. The van der Waals surface area contributed by atoms with Gasteiger partial charge in [-0.1, -0.05) is 0 Å². The van der Waals surface area contributed by atoms with Gasteiger partial charge in [-0.25, -0.2) is 9.78 Å². The average Bonchev–Trinajstić information content (AvgIpc) is 2.80. The van der Waals surface area contributed by atoms with Crippen LogP contribution in [-0.2, 0) is 20.8 Å². The lowest BCUT2D eigenvalue weighted by molar-refractivity contribution is -0.141. The van der Waals surface area contributed by atoms with Gasteiger partial charge in [0, 0.05) is 12.4 Å². The monoisotopic (exact) mass is 241 g/mol. The second-order valence-electron chi connectivity index (χ2n) is 3.10. The molecule has 0 radical (unpaired) electrons. The van der Waals surface area contributed by atoms with Crippen LogP contribution in [0.4, 0.5) is 4.79 Å². The molecule has 1 amide bonds. The van der Waals surface area contributed by atoms with Crippen LogP contribution in [0.3, 0.4) is 0 Å². The lowest BCUT2D eigenvalue weighted by Gasteiger charge is -2.06. The number of alkyl carbamates (subject to hydrolysis) is 1. The minimum atomic E-state index is -0.641. The Morgan fingerprint density at radius 2 is 2.24 bits per heavy atom. The van der Waals surface area contributed by atoms with Crippen LogP contribution in [0, 0.1) is 0 Å². The van der Waals surface area contributed by atoms with Gasteiger partial charge in [0.05, 0.1) is 19.5 Å². The molecule has 1 heterocycles. The summed E-state index contributed by atoms with van der Waals surface area (Å²) in [5, 5.41) is 2.29. The van der Waals surface area contributed by atoms with Crippen LogP contribution < -0.4 is 5.32 Å². The Hall–Kier alpha value is -2.05. The van der Waals surface area contributed by atoms with Crippen LogP contribution in [-0.4, -0.2) is 41.4 Å². The lowest BCUT2D eigenvalue weighted by atomic mass is 10.6. The van der Waals surface area contributed by atoms with Crippen LogP contribution in [0.15, 0.2) is 18.7 Å². The fraction of sp³-hybridized carbons (Fsp3) is 0.500. The molecule has 0 unspecified atom stereocenters. The molecule has 7 heteroatoms. The Kier molecular flexibility index (Phi) is 5.56. The fourth-order valence-corrected chi connectivity index (χ4v) is 1.07. The van der Waals surface area contributed by atoms with Crippen LogP contribution in [0.25, 0.3) is 0 Å². The molecule has 1 aromatic rings. The molecule has 1 rings (SSSR count). The van der Waals surface area contributed by atoms with E-state index < -0.39 is 12.1 Å². The molecule has 17 heavy (non-hydrogen) atoms. The smallest absolute Gasteiger partial charge is 0.407 e. The van der Waals surface area contributed by atoms with E-state index in [9.17, 15) is 9.59 Å². The Labute approximate surface area is 98.7 Å². The zero-order valence-corrected chi connectivity index (χ0v) is 9.59. The Balaban J connectivity index is 2.07. The topological polar surface area (TPSA) is 82.5 Å². The van der Waals surface area contributed by atoms with E-state index in [2.05, 4.69) is 15.0 Å². The number of esters is 1. The van der Waals surface area contributed by atoms with E-state index in [1.807, 2.05) is 0 Å². The van der Waals surface area contributed by atoms with Gasteiger partial charge < -0.3 is 19.4 Å². The first kappa shape index (κ1) is 13.0. The standard InChI is InChI=1S/C10H15N3O4/c1-2-16-9(14)7-12-10(15)17-6-5-13-4-3-11-8-13/h3-4,8H,2,5-7H2,1H3,(H,12,15). The number of ether oxygens (including phenoxy) is 2. The van der Waals surface area contributed by atoms with Gasteiger partial charge in [0.1, 0.15) is 13.2 Å². The van der Waals surface area contributed by atoms with Crippen molar-refractivity contribution in [2.24, 2.45) is 0 Å². The summed E-state index contributed by atoms with van der Waals surface area (Å²) in [6.07, 6.45) is 4.39. The maximum Gasteiger partial charge on any atom is 0.407 e. The molecule has 1 aromatic heterocycles. The lowest BCUT2D eigenvalue weighted by Crippen LogP contribution is -2.31. The van der Waals surface area contributed by atoms with Gasteiger partial charge in [0.15, 0.2) is 0 Å². The van der Waals surface area contributed by atoms with E-state index in [0.717, 1.165) is 0 Å². The number of carbonyl (C=O) groups is 2. The largest absolute Gasteiger partial charge is 0.465 e. The van der Waals surface area contributed by atoms with Crippen LogP contribution in [0.5, 0.6) is 0 Å². The molecule has 94 valence electrons. The van der Waals surface area contributed by atoms with Gasteiger partial charge >= 0.3 is 12.1 Å². The normalized spacial score (nSPS) is 9.71. The van der Waals surface area contributed by atoms with E-state index in [0.29, 0.717) is 6.54 Å². The Bertz CT molecular complexity index is 350. The molecule has 1 N–H and O–H groups in total. The van der Waals surface area contributed by atoms with E-state index >= 15 is 0 Å². The van der Waals surface area contributed by atoms with Gasteiger partial charge in [-0.05, 0) is 6.92 Å². The van der Waals surface area contributed by atoms with Crippen molar-refractivity contribution in [1.82, 2.24) is 14.9 Å². The third-order valence-electron chi connectivity index (χ3n) is 1.82. The first-order valence-electron chi connectivity index (χ1n) is 5.24. The quantitative estimate of drug-likeness (QED) is 0.718. The maximum atomic E-state index is 11.1. The number of nitrogens with one attached hydrogen (secondary N) is 1. The second kappa shape index (κ2) is 7.26. The molecule has 0 aliphatic rings. The molecule has 0 aromatic carbocycles. The highest BCUT2D eigenvalue weighted by Gasteiger charge is 2.06. The van der Waals surface area contributed by atoms with Gasteiger partial charge in [0.25, 0.3) is 0 Å². The Morgan fingerprint density at radius 1 is 1.41 bits per heavy atom. The average molecular weight is 241 g/mol. The highest BCUT2D eigenvalue weighted by atomic mass is 16.6. The molecular formula is C10H15N3O4. The number of aromatic nitrogens is 2. The molecule has 0 fully saturated rings. The van der Waals surface area contributed by atoms with E-state index in [-0.39, 0.29) is 19.8 Å². The molecular weight excluding hydrogens is 226 g/mol. The number of imidazole rings is 1. The van der Waals surface area contributed by atoms with Crippen molar-refractivity contribution >= 4 is 12.1 Å². The molecule has 0 aliphatic carbocycles. The van der Waals surface area contributed by atoms with E-state index in [4.69, 9.17) is 4.74 Å². The number of carbonyl (C=O) groups excluding carboxylic acids is 2. The number of hydrogen-bond acceptors (Lipinski definition) is 5. The van der Waals surface area contributed by atoms with Gasteiger partial charge in [0.2, 0.25) is 0 Å². The maximum absolute atomic E-state index is 11.1. The number of hydrogen-bond donors (Lipinski definition) is 1. The summed E-state index contributed by atoms with van der Waals surface area (Å²) in [6.45, 7) is 2.53.